The van der Waals surface area contributed by atoms with Crippen molar-refractivity contribution in [2.45, 2.75) is 19.4 Å². The molecule has 0 saturated heterocycles. The number of aromatic nitrogens is 1. The second kappa shape index (κ2) is 12.1. The van der Waals surface area contributed by atoms with Gasteiger partial charge < -0.3 is 25.2 Å². The van der Waals surface area contributed by atoms with Crippen molar-refractivity contribution in [2.24, 2.45) is 0 Å². The monoisotopic (exact) mass is 499 g/mol. The summed E-state index contributed by atoms with van der Waals surface area (Å²) in [6.07, 6.45) is 2.50. The highest BCUT2D eigenvalue weighted by molar-refractivity contribution is 7.59. The lowest BCUT2D eigenvalue weighted by atomic mass is 10.1. The van der Waals surface area contributed by atoms with E-state index in [0.29, 0.717) is 12.1 Å². The predicted molar refractivity (Wildman–Crippen MR) is 146 cm³/mol. The van der Waals surface area contributed by atoms with Gasteiger partial charge in [-0.15, -0.1) is 11.3 Å². The number of ether oxygens (including phenoxy) is 1. The number of hydrogen-bond donors (Lipinski definition) is 2. The van der Waals surface area contributed by atoms with Crippen molar-refractivity contribution in [3.05, 3.63) is 64.5 Å². The Morgan fingerprint density at radius 3 is 2.79 bits per heavy atom. The van der Waals surface area contributed by atoms with Crippen molar-refractivity contribution < 1.29 is 9.53 Å². The van der Waals surface area contributed by atoms with Crippen LogP contribution in [0.3, 0.4) is 0 Å². The molecule has 1 atom stereocenters. The molecule has 34 heavy (non-hydrogen) atoms. The third-order valence-electron chi connectivity index (χ3n) is 5.71. The van der Waals surface area contributed by atoms with Crippen molar-refractivity contribution in [3.8, 4) is 5.75 Å². The molecule has 0 unspecified atom stereocenters. The van der Waals surface area contributed by atoms with Crippen molar-refractivity contribution in [3.63, 3.8) is 0 Å². The lowest BCUT2D eigenvalue weighted by Crippen LogP contribution is -2.33. The van der Waals surface area contributed by atoms with E-state index in [-0.39, 0.29) is 25.5 Å². The van der Waals surface area contributed by atoms with Crippen LogP contribution in [0.5, 0.6) is 5.75 Å². The van der Waals surface area contributed by atoms with E-state index in [9.17, 15) is 4.79 Å². The van der Waals surface area contributed by atoms with Gasteiger partial charge in [-0.1, -0.05) is 12.1 Å². The molecule has 9 heteroatoms. The van der Waals surface area contributed by atoms with Crippen LogP contribution in [0.1, 0.15) is 34.7 Å². The minimum Gasteiger partial charge on any atom is -0.485 e. The smallest absolute Gasteiger partial charge is 0.262 e. The Labute approximate surface area is 212 Å². The standard InChI is InChI=1S/C25H31N5O2S.H2S/c1-4-27-24-16-21-20(17-28-24)25(31)30(13-12-29(21)3)18-7-5-8-19(15-18)32-22(10-11-26-2)23-9-6-14-33-23;/h5-9,14-17,22,26H,4,10-13H2,1-3H3,(H,27,28);1H2/t22-;/m0./s1. The predicted octanol–water partition coefficient (Wildman–Crippen LogP) is 4.51. The zero-order chi connectivity index (χ0) is 23.2. The summed E-state index contributed by atoms with van der Waals surface area (Å²) in [6, 6.07) is 13.9. The van der Waals surface area contributed by atoms with Crippen LogP contribution in [0.2, 0.25) is 0 Å². The fraction of sp³-hybridized carbons (Fsp3) is 0.360. The SMILES string of the molecule is CCNc1cc2c(cn1)C(=O)N(c1cccc(O[C@@H](CCNC)c3cccs3)c1)CCN2C.S. The molecular weight excluding hydrogens is 466 g/mol. The number of nitrogens with one attached hydrogen (secondary N) is 2. The summed E-state index contributed by atoms with van der Waals surface area (Å²) in [5.74, 6) is 1.49. The topological polar surface area (TPSA) is 69.7 Å². The number of carbonyl (C=O) groups is 1. The molecule has 1 aromatic carbocycles. The maximum absolute atomic E-state index is 13.5. The van der Waals surface area contributed by atoms with Crippen LogP contribution in [-0.2, 0) is 0 Å². The minimum atomic E-state index is -0.0490. The number of pyridine rings is 1. The quantitative estimate of drug-likeness (QED) is 0.451. The number of fused-ring (bicyclic) bond motifs is 1. The number of likely N-dealkylation sites (N-methyl/N-ethyl adjacent to an activating group) is 1. The summed E-state index contributed by atoms with van der Waals surface area (Å²) >= 11 is 1.70. The van der Waals surface area contributed by atoms with Gasteiger partial charge in [0.15, 0.2) is 0 Å². The summed E-state index contributed by atoms with van der Waals surface area (Å²) in [6.45, 7) is 4.97. The van der Waals surface area contributed by atoms with Gasteiger partial charge in [-0.2, -0.15) is 13.5 Å². The van der Waals surface area contributed by atoms with Gasteiger partial charge in [-0.25, -0.2) is 4.98 Å². The first-order valence-electron chi connectivity index (χ1n) is 11.3. The highest BCUT2D eigenvalue weighted by Gasteiger charge is 2.27. The van der Waals surface area contributed by atoms with Gasteiger partial charge in [0.25, 0.3) is 5.91 Å². The molecule has 1 aliphatic heterocycles. The van der Waals surface area contributed by atoms with E-state index in [4.69, 9.17) is 4.74 Å². The Morgan fingerprint density at radius 2 is 2.06 bits per heavy atom. The van der Waals surface area contributed by atoms with Gasteiger partial charge in [-0.05, 0) is 44.1 Å². The molecule has 1 aliphatic rings. The van der Waals surface area contributed by atoms with E-state index in [0.717, 1.165) is 49.0 Å². The average Bonchev–Trinajstić information content (AvgIpc) is 3.33. The van der Waals surface area contributed by atoms with Crippen molar-refractivity contribution >= 4 is 47.9 Å². The van der Waals surface area contributed by atoms with Crippen molar-refractivity contribution in [2.75, 3.05) is 55.4 Å². The molecule has 4 rings (SSSR count). The first kappa shape index (κ1) is 25.9. The van der Waals surface area contributed by atoms with Crippen molar-refractivity contribution in [1.29, 1.82) is 0 Å². The first-order chi connectivity index (χ1) is 16.1. The number of benzene rings is 1. The zero-order valence-electron chi connectivity index (χ0n) is 19.9. The van der Waals surface area contributed by atoms with E-state index in [2.05, 4.69) is 32.0 Å². The normalized spacial score (nSPS) is 14.1. The summed E-state index contributed by atoms with van der Waals surface area (Å²) in [4.78, 5) is 23.1. The van der Waals surface area contributed by atoms with Crippen LogP contribution in [0, 0.1) is 0 Å². The van der Waals surface area contributed by atoms with Crippen LogP contribution in [0.4, 0.5) is 17.2 Å². The second-order valence-corrected chi connectivity index (χ2v) is 8.99. The number of amides is 1. The van der Waals surface area contributed by atoms with Gasteiger partial charge in [0, 0.05) is 62.0 Å². The minimum absolute atomic E-state index is 0. The summed E-state index contributed by atoms with van der Waals surface area (Å²) in [7, 11) is 3.96. The van der Waals surface area contributed by atoms with Crippen molar-refractivity contribution in [1.82, 2.24) is 10.3 Å². The van der Waals surface area contributed by atoms with E-state index in [1.807, 2.05) is 62.3 Å². The van der Waals surface area contributed by atoms with Gasteiger partial charge >= 0.3 is 0 Å². The first-order valence-corrected chi connectivity index (χ1v) is 12.2. The Hall–Kier alpha value is -2.75. The maximum Gasteiger partial charge on any atom is 0.262 e. The van der Waals surface area contributed by atoms with Gasteiger partial charge in [0.05, 0.1) is 11.3 Å². The second-order valence-electron chi connectivity index (χ2n) is 8.01. The van der Waals surface area contributed by atoms with Crippen LogP contribution >= 0.6 is 24.8 Å². The molecule has 0 saturated carbocycles. The van der Waals surface area contributed by atoms with E-state index < -0.39 is 0 Å². The molecular formula is C25H33N5O2S2. The van der Waals surface area contributed by atoms with Crippen LogP contribution in [0.25, 0.3) is 0 Å². The number of anilines is 3. The molecule has 0 fully saturated rings. The molecule has 3 heterocycles. The molecule has 3 aromatic rings. The number of rotatable bonds is 9. The summed E-state index contributed by atoms with van der Waals surface area (Å²) < 4.78 is 6.39. The summed E-state index contributed by atoms with van der Waals surface area (Å²) in [5, 5.41) is 8.50. The molecule has 0 aliphatic carbocycles. The van der Waals surface area contributed by atoms with Crippen LogP contribution < -0.4 is 25.2 Å². The Kier molecular flexibility index (Phi) is 9.20. The Balaban J connectivity index is 0.00000324. The van der Waals surface area contributed by atoms with Crippen LogP contribution in [-0.4, -0.2) is 51.2 Å². The molecule has 182 valence electrons. The third kappa shape index (κ3) is 5.84. The fourth-order valence-electron chi connectivity index (χ4n) is 3.97. The van der Waals surface area contributed by atoms with Gasteiger partial charge in [0.1, 0.15) is 17.7 Å². The molecule has 0 spiro atoms. The van der Waals surface area contributed by atoms with Gasteiger partial charge in [-0.3, -0.25) is 4.79 Å². The number of thiophene rings is 1. The summed E-state index contributed by atoms with van der Waals surface area (Å²) in [5.41, 5.74) is 2.33. The average molecular weight is 500 g/mol. The molecule has 7 nitrogen and oxygen atoms in total. The molecule has 0 bridgehead atoms. The largest absolute Gasteiger partial charge is 0.485 e. The Bertz CT molecular complexity index is 1080. The lowest BCUT2D eigenvalue weighted by Gasteiger charge is -2.23. The highest BCUT2D eigenvalue weighted by atomic mass is 32.1. The highest BCUT2D eigenvalue weighted by Crippen LogP contribution is 2.32. The van der Waals surface area contributed by atoms with E-state index in [1.165, 1.54) is 4.88 Å². The van der Waals surface area contributed by atoms with E-state index >= 15 is 0 Å². The van der Waals surface area contributed by atoms with Crippen LogP contribution in [0.15, 0.2) is 54.0 Å². The lowest BCUT2D eigenvalue weighted by molar-refractivity contribution is 0.0990. The molecule has 2 N–H and O–H groups in total. The molecule has 1 amide bonds. The number of carbonyl (C=O) groups excluding carboxylic acids is 1. The molecule has 0 radical (unpaired) electrons. The van der Waals surface area contributed by atoms with E-state index in [1.54, 1.807) is 17.5 Å². The van der Waals surface area contributed by atoms with Gasteiger partial charge in [0.2, 0.25) is 0 Å². The molecule has 2 aromatic heterocycles. The third-order valence-corrected chi connectivity index (χ3v) is 6.67. The number of nitrogens with zero attached hydrogens (tertiary/aromatic N) is 3. The fourth-order valence-corrected chi connectivity index (χ4v) is 4.75. The number of hydrogen-bond acceptors (Lipinski definition) is 7. The zero-order valence-corrected chi connectivity index (χ0v) is 21.7. The Morgan fingerprint density at radius 1 is 1.21 bits per heavy atom. The maximum atomic E-state index is 13.5.